The number of hydrogen-bond acceptors (Lipinski definition) is 5. The molecular formula is C23H23N5O4. The van der Waals surface area contributed by atoms with Gasteiger partial charge in [-0.1, -0.05) is 18.2 Å². The van der Waals surface area contributed by atoms with Crippen LogP contribution in [0, 0.1) is 0 Å². The van der Waals surface area contributed by atoms with Crippen molar-refractivity contribution < 1.29 is 19.4 Å². The van der Waals surface area contributed by atoms with Crippen LogP contribution in [0.3, 0.4) is 0 Å². The lowest BCUT2D eigenvalue weighted by Gasteiger charge is -2.25. The van der Waals surface area contributed by atoms with Crippen LogP contribution in [-0.4, -0.2) is 49.2 Å². The molecule has 0 aliphatic heterocycles. The Morgan fingerprint density at radius 1 is 1.09 bits per heavy atom. The van der Waals surface area contributed by atoms with Gasteiger partial charge in [0.15, 0.2) is 0 Å². The number of amides is 1. The second-order valence-electron chi connectivity index (χ2n) is 8.28. The SMILES string of the molecule is CN(C(=O)OC(C)(C)C)c1cc(-c2ccn(-c3ccccc3)n2)cc2c(C(=O)O)cnn12. The maximum atomic E-state index is 12.7. The predicted octanol–water partition coefficient (Wildman–Crippen LogP) is 4.26. The first-order valence-corrected chi connectivity index (χ1v) is 9.97. The Morgan fingerprint density at radius 3 is 2.47 bits per heavy atom. The highest BCUT2D eigenvalue weighted by molar-refractivity contribution is 5.97. The van der Waals surface area contributed by atoms with Crippen molar-refractivity contribution in [2.75, 3.05) is 11.9 Å². The number of para-hydroxylation sites is 1. The van der Waals surface area contributed by atoms with Crippen LogP contribution < -0.4 is 4.90 Å². The van der Waals surface area contributed by atoms with Crippen molar-refractivity contribution in [3.05, 3.63) is 66.5 Å². The van der Waals surface area contributed by atoms with Crippen LogP contribution in [0.4, 0.5) is 10.6 Å². The first-order valence-electron chi connectivity index (χ1n) is 9.97. The predicted molar refractivity (Wildman–Crippen MR) is 119 cm³/mol. The summed E-state index contributed by atoms with van der Waals surface area (Å²) in [5.74, 6) is -0.758. The van der Waals surface area contributed by atoms with Gasteiger partial charge in [0.25, 0.3) is 0 Å². The summed E-state index contributed by atoms with van der Waals surface area (Å²) in [5.41, 5.74) is 1.82. The first kappa shape index (κ1) is 21.1. The maximum Gasteiger partial charge on any atom is 0.415 e. The van der Waals surface area contributed by atoms with Gasteiger partial charge in [0.2, 0.25) is 0 Å². The number of aromatic carboxylic acids is 1. The summed E-state index contributed by atoms with van der Waals surface area (Å²) >= 11 is 0. The van der Waals surface area contributed by atoms with Crippen molar-refractivity contribution in [1.82, 2.24) is 19.4 Å². The van der Waals surface area contributed by atoms with Crippen molar-refractivity contribution >= 4 is 23.4 Å². The van der Waals surface area contributed by atoms with Gasteiger partial charge in [0.05, 0.1) is 23.1 Å². The fourth-order valence-corrected chi connectivity index (χ4v) is 3.25. The molecule has 3 aromatic heterocycles. The average molecular weight is 433 g/mol. The van der Waals surface area contributed by atoms with E-state index in [1.54, 1.807) is 44.6 Å². The van der Waals surface area contributed by atoms with E-state index >= 15 is 0 Å². The lowest BCUT2D eigenvalue weighted by atomic mass is 10.1. The highest BCUT2D eigenvalue weighted by Gasteiger charge is 2.25. The van der Waals surface area contributed by atoms with E-state index in [0.29, 0.717) is 22.6 Å². The summed E-state index contributed by atoms with van der Waals surface area (Å²) in [6.07, 6.45) is 2.50. The van der Waals surface area contributed by atoms with E-state index in [1.165, 1.54) is 15.6 Å². The normalized spacial score (nSPS) is 11.5. The molecule has 0 saturated carbocycles. The van der Waals surface area contributed by atoms with Crippen molar-refractivity contribution in [1.29, 1.82) is 0 Å². The van der Waals surface area contributed by atoms with Gasteiger partial charge in [-0.25, -0.2) is 18.8 Å². The summed E-state index contributed by atoms with van der Waals surface area (Å²) in [5, 5.41) is 18.4. The van der Waals surface area contributed by atoms with E-state index in [2.05, 4.69) is 10.2 Å². The van der Waals surface area contributed by atoms with Gasteiger partial charge in [0.1, 0.15) is 17.0 Å². The number of benzene rings is 1. The minimum atomic E-state index is -1.11. The van der Waals surface area contributed by atoms with Crippen molar-refractivity contribution in [2.45, 2.75) is 26.4 Å². The number of rotatable bonds is 4. The number of hydrogen-bond donors (Lipinski definition) is 1. The van der Waals surface area contributed by atoms with Crippen molar-refractivity contribution in [3.63, 3.8) is 0 Å². The molecule has 32 heavy (non-hydrogen) atoms. The molecule has 9 nitrogen and oxygen atoms in total. The topological polar surface area (TPSA) is 102 Å². The molecule has 0 bridgehead atoms. The maximum absolute atomic E-state index is 12.7. The van der Waals surface area contributed by atoms with Gasteiger partial charge in [-0.2, -0.15) is 10.2 Å². The van der Waals surface area contributed by atoms with E-state index in [4.69, 9.17) is 4.74 Å². The summed E-state index contributed by atoms with van der Waals surface area (Å²) in [6.45, 7) is 5.33. The van der Waals surface area contributed by atoms with Gasteiger partial charge >= 0.3 is 12.1 Å². The van der Waals surface area contributed by atoms with E-state index in [9.17, 15) is 14.7 Å². The standard InChI is InChI=1S/C23H23N5O4/c1-23(2,3)32-22(31)26(4)20-13-15(12-19-17(21(29)30)14-24-28(19)20)18-10-11-27(25-18)16-8-6-5-7-9-16/h5-14H,1-4H3,(H,29,30). The Labute approximate surface area is 184 Å². The van der Waals surface area contributed by atoms with Crippen LogP contribution in [0.25, 0.3) is 22.5 Å². The number of carboxylic acid groups (broad SMARTS) is 1. The van der Waals surface area contributed by atoms with Gasteiger partial charge in [-0.05, 0) is 51.1 Å². The Kier molecular flexibility index (Phi) is 5.17. The second-order valence-corrected chi connectivity index (χ2v) is 8.28. The Hall–Kier alpha value is -4.14. The van der Waals surface area contributed by atoms with E-state index in [1.807, 2.05) is 42.6 Å². The number of carboxylic acids is 1. The zero-order valence-electron chi connectivity index (χ0n) is 18.2. The third-order valence-electron chi connectivity index (χ3n) is 4.75. The minimum Gasteiger partial charge on any atom is -0.478 e. The Balaban J connectivity index is 1.84. The summed E-state index contributed by atoms with van der Waals surface area (Å²) < 4.78 is 8.61. The number of nitrogens with zero attached hydrogens (tertiary/aromatic N) is 5. The molecule has 9 heteroatoms. The van der Waals surface area contributed by atoms with Gasteiger partial charge in [-0.15, -0.1) is 0 Å². The molecule has 0 spiro atoms. The second kappa shape index (κ2) is 7.84. The number of anilines is 1. The Morgan fingerprint density at radius 2 is 1.81 bits per heavy atom. The van der Waals surface area contributed by atoms with Gasteiger partial charge in [0, 0.05) is 18.8 Å². The third-order valence-corrected chi connectivity index (χ3v) is 4.75. The third kappa shape index (κ3) is 4.04. The quantitative estimate of drug-likeness (QED) is 0.516. The highest BCUT2D eigenvalue weighted by atomic mass is 16.6. The molecule has 4 rings (SSSR count). The average Bonchev–Trinajstić information content (AvgIpc) is 3.39. The van der Waals surface area contributed by atoms with Crippen LogP contribution in [0.15, 0.2) is 60.9 Å². The van der Waals surface area contributed by atoms with E-state index < -0.39 is 17.7 Å². The van der Waals surface area contributed by atoms with Crippen molar-refractivity contribution in [2.24, 2.45) is 0 Å². The molecule has 164 valence electrons. The molecular weight excluding hydrogens is 410 g/mol. The van der Waals surface area contributed by atoms with Crippen LogP contribution in [-0.2, 0) is 4.74 Å². The van der Waals surface area contributed by atoms with E-state index in [0.717, 1.165) is 5.69 Å². The Bertz CT molecular complexity index is 1300. The number of pyridine rings is 1. The molecule has 1 amide bonds. The molecule has 4 aromatic rings. The number of aromatic nitrogens is 4. The molecule has 0 radical (unpaired) electrons. The van der Waals surface area contributed by atoms with E-state index in [-0.39, 0.29) is 5.56 Å². The fraction of sp³-hybridized carbons (Fsp3) is 0.217. The summed E-state index contributed by atoms with van der Waals surface area (Å²) in [6, 6.07) is 14.9. The molecule has 0 saturated heterocycles. The van der Waals surface area contributed by atoms with Crippen LogP contribution in [0.5, 0.6) is 0 Å². The summed E-state index contributed by atoms with van der Waals surface area (Å²) in [4.78, 5) is 25.7. The molecule has 0 unspecified atom stereocenters. The highest BCUT2D eigenvalue weighted by Crippen LogP contribution is 2.29. The summed E-state index contributed by atoms with van der Waals surface area (Å²) in [7, 11) is 1.55. The molecule has 0 atom stereocenters. The van der Waals surface area contributed by atoms with Gasteiger partial charge < -0.3 is 9.84 Å². The number of fused-ring (bicyclic) bond motifs is 1. The molecule has 1 N–H and O–H groups in total. The molecule has 0 aliphatic carbocycles. The molecule has 1 aromatic carbocycles. The van der Waals surface area contributed by atoms with Crippen LogP contribution >= 0.6 is 0 Å². The lowest BCUT2D eigenvalue weighted by molar-refractivity contribution is 0.0587. The number of carbonyl (C=O) groups excluding carboxylic acids is 1. The van der Waals surface area contributed by atoms with Crippen LogP contribution in [0.1, 0.15) is 31.1 Å². The molecule has 3 heterocycles. The van der Waals surface area contributed by atoms with Crippen LogP contribution in [0.2, 0.25) is 0 Å². The van der Waals surface area contributed by atoms with Crippen molar-refractivity contribution in [3.8, 4) is 16.9 Å². The lowest BCUT2D eigenvalue weighted by Crippen LogP contribution is -2.35. The zero-order chi connectivity index (χ0) is 23.0. The first-order chi connectivity index (χ1) is 15.1. The van der Waals surface area contributed by atoms with Gasteiger partial charge in [-0.3, -0.25) is 4.90 Å². The zero-order valence-corrected chi connectivity index (χ0v) is 18.2. The number of ether oxygens (including phenoxy) is 1. The number of carbonyl (C=O) groups is 2. The largest absolute Gasteiger partial charge is 0.478 e. The monoisotopic (exact) mass is 433 g/mol. The molecule has 0 aliphatic rings. The minimum absolute atomic E-state index is 0.0215. The smallest absolute Gasteiger partial charge is 0.415 e. The fourth-order valence-electron chi connectivity index (χ4n) is 3.25. The molecule has 0 fully saturated rings.